The van der Waals surface area contributed by atoms with Gasteiger partial charge in [0.1, 0.15) is 5.75 Å². The van der Waals surface area contributed by atoms with Gasteiger partial charge in [0.25, 0.3) is 5.91 Å². The maximum atomic E-state index is 12.7. The molecule has 4 aliphatic carbocycles. The molecule has 0 saturated heterocycles. The summed E-state index contributed by atoms with van der Waals surface area (Å²) in [6.07, 6.45) is 7.94. The number of carbonyl (C=O) groups is 1. The van der Waals surface area contributed by atoms with Crippen LogP contribution in [0.2, 0.25) is 0 Å². The molecule has 1 atom stereocenters. The largest absolute Gasteiger partial charge is 0.481 e. The lowest BCUT2D eigenvalue weighted by Gasteiger charge is -2.57. The quantitative estimate of drug-likeness (QED) is 0.647. The van der Waals surface area contributed by atoms with Crippen molar-refractivity contribution in [2.24, 2.45) is 17.8 Å². The molecule has 3 heteroatoms. The number of hydrogen-bond acceptors (Lipinski definition) is 2. The Kier molecular flexibility index (Phi) is 4.88. The topological polar surface area (TPSA) is 38.3 Å². The minimum atomic E-state index is -0.548. The van der Waals surface area contributed by atoms with Gasteiger partial charge < -0.3 is 10.1 Å². The lowest BCUT2D eigenvalue weighted by Crippen LogP contribution is -2.48. The minimum Gasteiger partial charge on any atom is -0.481 e. The average molecular weight is 404 g/mol. The Morgan fingerprint density at radius 2 is 1.57 bits per heavy atom. The van der Waals surface area contributed by atoms with E-state index in [9.17, 15) is 4.79 Å². The summed E-state index contributed by atoms with van der Waals surface area (Å²) >= 11 is 0. The second kappa shape index (κ2) is 7.44. The first-order valence-corrected chi connectivity index (χ1v) is 11.6. The van der Waals surface area contributed by atoms with Crippen molar-refractivity contribution in [1.29, 1.82) is 0 Å². The molecule has 2 aromatic rings. The van der Waals surface area contributed by atoms with E-state index in [4.69, 9.17) is 4.74 Å². The molecular weight excluding hydrogens is 370 g/mol. The van der Waals surface area contributed by atoms with Gasteiger partial charge in [0, 0.05) is 5.69 Å². The van der Waals surface area contributed by atoms with Crippen molar-refractivity contribution in [1.82, 2.24) is 0 Å². The van der Waals surface area contributed by atoms with Crippen molar-refractivity contribution >= 4 is 11.6 Å². The van der Waals surface area contributed by atoms with E-state index < -0.39 is 6.10 Å². The van der Waals surface area contributed by atoms with Crippen molar-refractivity contribution in [3.63, 3.8) is 0 Å². The lowest BCUT2D eigenvalue weighted by molar-refractivity contribution is -0.122. The van der Waals surface area contributed by atoms with Gasteiger partial charge in [-0.2, -0.15) is 0 Å². The zero-order valence-electron chi connectivity index (χ0n) is 18.4. The third-order valence-electron chi connectivity index (χ3n) is 8.03. The molecule has 4 bridgehead atoms. The monoisotopic (exact) mass is 403 g/mol. The van der Waals surface area contributed by atoms with Gasteiger partial charge in [0.15, 0.2) is 6.10 Å². The minimum absolute atomic E-state index is 0.113. The third-order valence-corrected chi connectivity index (χ3v) is 8.03. The molecule has 4 aliphatic rings. The highest BCUT2D eigenvalue weighted by Crippen LogP contribution is 2.60. The van der Waals surface area contributed by atoms with Gasteiger partial charge >= 0.3 is 0 Å². The van der Waals surface area contributed by atoms with E-state index in [-0.39, 0.29) is 5.91 Å². The average Bonchev–Trinajstić information content (AvgIpc) is 2.71. The maximum absolute atomic E-state index is 12.7. The Bertz CT molecular complexity index is 911. The van der Waals surface area contributed by atoms with E-state index in [0.29, 0.717) is 5.41 Å². The molecule has 4 saturated carbocycles. The highest BCUT2D eigenvalue weighted by molar-refractivity contribution is 5.94. The molecule has 0 radical (unpaired) electrons. The fourth-order valence-electron chi connectivity index (χ4n) is 6.71. The smallest absolute Gasteiger partial charge is 0.265 e. The van der Waals surface area contributed by atoms with Crippen molar-refractivity contribution in [2.75, 3.05) is 5.32 Å². The first-order valence-electron chi connectivity index (χ1n) is 11.6. The fraction of sp³-hybridized carbons (Fsp3) is 0.519. The number of carbonyl (C=O) groups excluding carboxylic acids is 1. The van der Waals surface area contributed by atoms with Gasteiger partial charge in [-0.3, -0.25) is 4.79 Å². The molecule has 30 heavy (non-hydrogen) atoms. The molecule has 0 unspecified atom stereocenters. The molecule has 1 amide bonds. The zero-order valence-corrected chi connectivity index (χ0v) is 18.4. The molecule has 0 aliphatic heterocycles. The van der Waals surface area contributed by atoms with Crippen LogP contribution in [0, 0.1) is 31.6 Å². The summed E-state index contributed by atoms with van der Waals surface area (Å²) in [7, 11) is 0. The van der Waals surface area contributed by atoms with E-state index in [1.165, 1.54) is 49.7 Å². The molecular formula is C27H33NO2. The zero-order chi connectivity index (χ0) is 20.9. The Morgan fingerprint density at radius 1 is 0.967 bits per heavy atom. The van der Waals surface area contributed by atoms with Crippen molar-refractivity contribution in [3.8, 4) is 5.75 Å². The molecule has 158 valence electrons. The normalized spacial score (nSPS) is 30.2. The third kappa shape index (κ3) is 3.53. The van der Waals surface area contributed by atoms with E-state index in [0.717, 1.165) is 34.8 Å². The van der Waals surface area contributed by atoms with Gasteiger partial charge in [-0.15, -0.1) is 0 Å². The number of ether oxygens (including phenoxy) is 1. The van der Waals surface area contributed by atoms with Crippen molar-refractivity contribution in [2.45, 2.75) is 70.8 Å². The number of nitrogens with one attached hydrogen (secondary N) is 1. The first kappa shape index (κ1) is 19.7. The molecule has 0 spiro atoms. The van der Waals surface area contributed by atoms with Crippen LogP contribution in [0.25, 0.3) is 0 Å². The number of benzene rings is 2. The second-order valence-electron chi connectivity index (χ2n) is 10.2. The van der Waals surface area contributed by atoms with Crippen LogP contribution in [0.5, 0.6) is 5.75 Å². The summed E-state index contributed by atoms with van der Waals surface area (Å²) in [5.41, 5.74) is 4.98. The Labute approximate surface area is 180 Å². The van der Waals surface area contributed by atoms with Crippen LogP contribution in [0.15, 0.2) is 42.5 Å². The SMILES string of the molecule is Cc1cccc(O[C@H](C)C(=O)Nc2ccc(C34CC5CC(CC(C5)C3)C4)cc2)c1C. The summed E-state index contributed by atoms with van der Waals surface area (Å²) in [5, 5.41) is 3.03. The molecule has 3 nitrogen and oxygen atoms in total. The van der Waals surface area contributed by atoms with Gasteiger partial charge in [0.2, 0.25) is 0 Å². The van der Waals surface area contributed by atoms with Crippen molar-refractivity contribution < 1.29 is 9.53 Å². The number of hydrogen-bond donors (Lipinski definition) is 1. The molecule has 1 N–H and O–H groups in total. The van der Waals surface area contributed by atoms with Crippen LogP contribution < -0.4 is 10.1 Å². The van der Waals surface area contributed by atoms with E-state index in [2.05, 4.69) is 42.6 Å². The first-order chi connectivity index (χ1) is 14.4. The summed E-state index contributed by atoms with van der Waals surface area (Å²) in [4.78, 5) is 12.7. The molecule has 4 fully saturated rings. The van der Waals surface area contributed by atoms with Gasteiger partial charge in [-0.25, -0.2) is 0 Å². The number of anilines is 1. The van der Waals surface area contributed by atoms with Crippen LogP contribution in [0.4, 0.5) is 5.69 Å². The fourth-order valence-corrected chi connectivity index (χ4v) is 6.71. The standard InChI is InChI=1S/C27H33NO2/c1-17-5-4-6-25(18(17)2)30-19(3)26(29)28-24-9-7-23(8-10-24)27-14-20-11-21(15-27)13-22(12-20)16-27/h4-10,19-22H,11-16H2,1-3H3,(H,28,29)/t19-,20?,21?,22?,27?/m1/s1. The molecule has 2 aromatic carbocycles. The maximum Gasteiger partial charge on any atom is 0.265 e. The Hall–Kier alpha value is -2.29. The highest BCUT2D eigenvalue weighted by Gasteiger charge is 2.51. The molecule has 0 aromatic heterocycles. The number of rotatable bonds is 5. The van der Waals surface area contributed by atoms with Gasteiger partial charge in [-0.05, 0) is 117 Å². The summed E-state index contributed by atoms with van der Waals surface area (Å²) in [6.45, 7) is 5.89. The Morgan fingerprint density at radius 3 is 2.17 bits per heavy atom. The van der Waals surface area contributed by atoms with Crippen LogP contribution >= 0.6 is 0 Å². The lowest BCUT2D eigenvalue weighted by atomic mass is 9.48. The summed E-state index contributed by atoms with van der Waals surface area (Å²) in [6, 6.07) is 14.6. The van der Waals surface area contributed by atoms with Gasteiger partial charge in [-0.1, -0.05) is 24.3 Å². The predicted molar refractivity (Wildman–Crippen MR) is 121 cm³/mol. The van der Waals surface area contributed by atoms with Crippen LogP contribution in [0.1, 0.15) is 62.1 Å². The van der Waals surface area contributed by atoms with Crippen LogP contribution in [-0.4, -0.2) is 12.0 Å². The van der Waals surface area contributed by atoms with Crippen LogP contribution in [-0.2, 0) is 10.2 Å². The van der Waals surface area contributed by atoms with E-state index >= 15 is 0 Å². The molecule has 6 rings (SSSR count). The number of amides is 1. The summed E-state index contributed by atoms with van der Waals surface area (Å²) < 4.78 is 5.94. The van der Waals surface area contributed by atoms with E-state index in [1.54, 1.807) is 6.92 Å². The van der Waals surface area contributed by atoms with Crippen molar-refractivity contribution in [3.05, 3.63) is 59.2 Å². The molecule has 0 heterocycles. The van der Waals surface area contributed by atoms with Crippen LogP contribution in [0.3, 0.4) is 0 Å². The van der Waals surface area contributed by atoms with E-state index in [1.807, 2.05) is 19.1 Å². The highest BCUT2D eigenvalue weighted by atomic mass is 16.5. The summed E-state index contributed by atoms with van der Waals surface area (Å²) in [5.74, 6) is 3.49. The second-order valence-corrected chi connectivity index (χ2v) is 10.2. The number of aryl methyl sites for hydroxylation is 1. The predicted octanol–water partition coefficient (Wildman–Crippen LogP) is 6.18. The van der Waals surface area contributed by atoms with Gasteiger partial charge in [0.05, 0.1) is 0 Å². The Balaban J connectivity index is 1.25.